The van der Waals surface area contributed by atoms with E-state index in [1.54, 1.807) is 0 Å². The molecule has 4 aliphatic rings. The molecule has 11 N–H and O–H groups in total. The monoisotopic (exact) mass is 963 g/mol. The van der Waals surface area contributed by atoms with Crippen LogP contribution in [0.25, 0.3) is 0 Å². The molecular weight excluding hydrogens is 891 g/mol. The summed E-state index contributed by atoms with van der Waals surface area (Å²) in [6, 6.07) is -1.61. The predicted molar refractivity (Wildman–Crippen MR) is 234 cm³/mol. The number of rotatable bonds is 27. The van der Waals surface area contributed by atoms with Gasteiger partial charge >= 0.3 is 23.9 Å². The Labute approximate surface area is 385 Å². The topological polar surface area (TPSA) is 352 Å². The highest BCUT2D eigenvalue weighted by Gasteiger charge is 2.65. The first-order valence-electron chi connectivity index (χ1n) is 23.0. The van der Waals surface area contributed by atoms with Crippen LogP contribution in [-0.4, -0.2) is 199 Å². The second kappa shape index (κ2) is 23.6. The Morgan fingerprint density at radius 1 is 0.758 bits per heavy atom. The van der Waals surface area contributed by atoms with E-state index in [4.69, 9.17) is 4.55 Å². The SMILES string of the molecule is CC(CCC(=O)NCCS(=O)(=O)O)[C@H]1CCC2C3C(O)CC4C[C@@H](NC(=O)CC[C@H](C(=O)O)N(CCN(CC(=O)O)CC(=O)O)CCN(CC(=O)O)CC(O)O)CC[C@]4(C)C3C[C@H](O)[C@@]21C. The van der Waals surface area contributed by atoms with Gasteiger partial charge in [0.25, 0.3) is 10.1 Å². The lowest BCUT2D eigenvalue weighted by Gasteiger charge is -2.63. The highest BCUT2D eigenvalue weighted by atomic mass is 32.2. The number of amides is 2. The van der Waals surface area contributed by atoms with E-state index in [0.717, 1.165) is 24.2 Å². The number of hydrogen-bond donors (Lipinski definition) is 11. The second-order valence-electron chi connectivity index (χ2n) is 19.8. The van der Waals surface area contributed by atoms with Crippen LogP contribution in [0.15, 0.2) is 0 Å². The second-order valence-corrected chi connectivity index (χ2v) is 21.4. The van der Waals surface area contributed by atoms with Gasteiger partial charge in [0.05, 0.1) is 37.6 Å². The number of nitrogens with one attached hydrogen (secondary N) is 2. The van der Waals surface area contributed by atoms with Gasteiger partial charge in [-0.3, -0.25) is 48.0 Å². The fourth-order valence-corrected chi connectivity index (χ4v) is 12.9. The normalized spacial score (nSPS) is 30.6. The van der Waals surface area contributed by atoms with Crippen LogP contribution in [0.3, 0.4) is 0 Å². The number of carboxylic acid groups (broad SMARTS) is 4. The predicted octanol–water partition coefficient (Wildman–Crippen LogP) is -0.804. The van der Waals surface area contributed by atoms with Crippen molar-refractivity contribution in [3.63, 3.8) is 0 Å². The molecule has 4 rings (SSSR count). The fraction of sp³-hybridized carbons (Fsp3) is 0.860. The van der Waals surface area contributed by atoms with Gasteiger partial charge in [0.1, 0.15) is 6.04 Å². The van der Waals surface area contributed by atoms with Gasteiger partial charge < -0.3 is 51.5 Å². The Balaban J connectivity index is 1.39. The molecular formula is C43H73N5O17S. The van der Waals surface area contributed by atoms with Crippen LogP contribution >= 0.6 is 0 Å². The van der Waals surface area contributed by atoms with Gasteiger partial charge in [-0.15, -0.1) is 0 Å². The zero-order valence-electron chi connectivity index (χ0n) is 38.2. The van der Waals surface area contributed by atoms with Gasteiger partial charge in [-0.2, -0.15) is 8.42 Å². The molecule has 0 aromatic carbocycles. The number of hydrogen-bond acceptors (Lipinski definition) is 15. The third kappa shape index (κ3) is 14.7. The van der Waals surface area contributed by atoms with Crippen molar-refractivity contribution < 1.29 is 82.6 Å². The summed E-state index contributed by atoms with van der Waals surface area (Å²) in [5.41, 5.74) is -0.723. The first-order valence-corrected chi connectivity index (χ1v) is 24.7. The molecule has 4 saturated carbocycles. The summed E-state index contributed by atoms with van der Waals surface area (Å²) in [6.45, 7) is 3.16. The minimum absolute atomic E-state index is 0.0211. The number of nitrogens with zero attached hydrogens (tertiary/aromatic N) is 3. The largest absolute Gasteiger partial charge is 0.480 e. The number of carbonyl (C=O) groups is 6. The number of fused-ring (bicyclic) bond motifs is 5. The van der Waals surface area contributed by atoms with E-state index in [-0.39, 0.29) is 105 Å². The third-order valence-corrected chi connectivity index (χ3v) is 16.4. The average Bonchev–Trinajstić information content (AvgIpc) is 3.55. The van der Waals surface area contributed by atoms with Crippen molar-refractivity contribution in [1.29, 1.82) is 0 Å². The minimum atomic E-state index is -4.19. The maximum absolute atomic E-state index is 13.5. The van der Waals surface area contributed by atoms with Gasteiger partial charge in [-0.25, -0.2) is 0 Å². The molecule has 378 valence electrons. The molecule has 0 saturated heterocycles. The van der Waals surface area contributed by atoms with E-state index in [9.17, 15) is 78.0 Å². The van der Waals surface area contributed by atoms with Gasteiger partial charge in [0, 0.05) is 58.2 Å². The molecule has 0 spiro atoms. The van der Waals surface area contributed by atoms with Crippen molar-refractivity contribution in [1.82, 2.24) is 25.3 Å². The zero-order valence-corrected chi connectivity index (χ0v) is 39.1. The van der Waals surface area contributed by atoms with Gasteiger partial charge in [-0.05, 0) is 104 Å². The van der Waals surface area contributed by atoms with Crippen LogP contribution in [0.5, 0.6) is 0 Å². The average molecular weight is 964 g/mol. The minimum Gasteiger partial charge on any atom is -0.480 e. The van der Waals surface area contributed by atoms with Crippen LogP contribution in [-0.2, 0) is 38.9 Å². The lowest BCUT2D eigenvalue weighted by Crippen LogP contribution is -2.63. The molecule has 4 fully saturated rings. The maximum atomic E-state index is 13.5. The Morgan fingerprint density at radius 3 is 1.92 bits per heavy atom. The fourth-order valence-electron chi connectivity index (χ4n) is 12.5. The summed E-state index contributed by atoms with van der Waals surface area (Å²) in [7, 11) is -4.19. The molecule has 66 heavy (non-hydrogen) atoms. The molecule has 0 heterocycles. The van der Waals surface area contributed by atoms with E-state index in [0.29, 0.717) is 32.1 Å². The van der Waals surface area contributed by atoms with Crippen LogP contribution in [0.4, 0.5) is 0 Å². The van der Waals surface area contributed by atoms with Crippen molar-refractivity contribution >= 4 is 45.8 Å². The van der Waals surface area contributed by atoms with E-state index in [1.807, 2.05) is 0 Å². The molecule has 2 amide bonds. The van der Waals surface area contributed by atoms with Crippen molar-refractivity contribution in [2.24, 2.45) is 46.3 Å². The molecule has 0 aromatic rings. The van der Waals surface area contributed by atoms with Crippen LogP contribution in [0.2, 0.25) is 0 Å². The van der Waals surface area contributed by atoms with Gasteiger partial charge in [-0.1, -0.05) is 20.8 Å². The van der Waals surface area contributed by atoms with E-state index >= 15 is 0 Å². The number of carbonyl (C=O) groups excluding carboxylic acids is 2. The van der Waals surface area contributed by atoms with Crippen LogP contribution < -0.4 is 10.6 Å². The molecule has 0 bridgehead atoms. The lowest BCUT2D eigenvalue weighted by atomic mass is 9.43. The van der Waals surface area contributed by atoms with Crippen molar-refractivity contribution in [3.05, 3.63) is 0 Å². The molecule has 0 aromatic heterocycles. The molecule has 0 radical (unpaired) electrons. The van der Waals surface area contributed by atoms with Crippen molar-refractivity contribution in [2.75, 3.05) is 64.7 Å². The summed E-state index contributed by atoms with van der Waals surface area (Å²) in [6.07, 6.45) is 1.66. The van der Waals surface area contributed by atoms with Crippen molar-refractivity contribution in [2.45, 2.75) is 122 Å². The molecule has 0 aliphatic heterocycles. The standard InChI is InChI=1S/C43H73N5O17S/c1-25(4-8-34(51)44-12-17-66(63,64)65)28-5-6-29-40-30(20-33(50)43(28,29)3)42(2)11-10-27(18-26(42)19-32(40)49)45-35(52)9-7-31(41(61)62)48(15-13-46(21-36(53)54)22-37(55)56)16-14-47(23-38(57)58)24-39(59)60/h25-33,36,40,49-50,53-54H,4-24H2,1-3H3,(H,44,51)(H,45,52)(H,55,56)(H,57,58)(H,59,60)(H,61,62)(H,63,64,65)/t25?,26?,27-,28+,29?,30?,31+,32?,33-,40?,42-,43+/m0/s1. The summed E-state index contributed by atoms with van der Waals surface area (Å²) >= 11 is 0. The molecule has 6 unspecified atom stereocenters. The number of carboxylic acids is 4. The first kappa shape index (κ1) is 55.0. The molecule has 12 atom stereocenters. The molecule has 22 nitrogen and oxygen atoms in total. The maximum Gasteiger partial charge on any atom is 0.320 e. The molecule has 4 aliphatic carbocycles. The number of aliphatic hydroxyl groups is 4. The number of aliphatic hydroxyl groups excluding tert-OH is 3. The Hall–Kier alpha value is -3.55. The quantitative estimate of drug-likeness (QED) is 0.0354. The van der Waals surface area contributed by atoms with E-state index in [2.05, 4.69) is 31.4 Å². The van der Waals surface area contributed by atoms with E-state index < -0.39 is 102 Å². The summed E-state index contributed by atoms with van der Waals surface area (Å²) in [5.74, 6) is -6.32. The van der Waals surface area contributed by atoms with E-state index in [1.165, 1.54) is 9.80 Å². The Morgan fingerprint density at radius 2 is 1.35 bits per heavy atom. The van der Waals surface area contributed by atoms with Crippen LogP contribution in [0, 0.1) is 46.3 Å². The third-order valence-electron chi connectivity index (χ3n) is 15.7. The summed E-state index contributed by atoms with van der Waals surface area (Å²) in [4.78, 5) is 76.7. The first-order chi connectivity index (χ1) is 30.7. The summed E-state index contributed by atoms with van der Waals surface area (Å²) in [5, 5.41) is 86.9. The lowest BCUT2D eigenvalue weighted by molar-refractivity contribution is -0.202. The number of aliphatic carboxylic acids is 4. The zero-order chi connectivity index (χ0) is 49.3. The molecule has 23 heteroatoms. The van der Waals surface area contributed by atoms with Crippen molar-refractivity contribution in [3.8, 4) is 0 Å². The smallest absolute Gasteiger partial charge is 0.320 e. The Kier molecular flexibility index (Phi) is 19.7. The van der Waals surface area contributed by atoms with Gasteiger partial charge in [0.15, 0.2) is 6.29 Å². The highest BCUT2D eigenvalue weighted by Crippen LogP contribution is 2.68. The Bertz CT molecular complexity index is 1810. The van der Waals surface area contributed by atoms with Gasteiger partial charge in [0.2, 0.25) is 11.8 Å². The highest BCUT2D eigenvalue weighted by molar-refractivity contribution is 7.85. The summed E-state index contributed by atoms with van der Waals surface area (Å²) < 4.78 is 31.0. The van der Waals surface area contributed by atoms with Crippen LogP contribution in [0.1, 0.15) is 91.4 Å².